The number of hydrogen-bond acceptors (Lipinski definition) is 21. The van der Waals surface area contributed by atoms with E-state index in [9.17, 15) is 74.5 Å². The van der Waals surface area contributed by atoms with Crippen molar-refractivity contribution in [1.82, 2.24) is 0 Å². The van der Waals surface area contributed by atoms with Crippen LogP contribution in [0.25, 0.3) is 10.8 Å². The molecule has 0 bridgehead atoms. The van der Waals surface area contributed by atoms with E-state index in [-0.39, 0.29) is 39.2 Å². The molecule has 0 amide bonds. The molecule has 0 radical (unpaired) electrons. The zero-order chi connectivity index (χ0) is 50.9. The molecule has 0 fully saturated rings. The van der Waals surface area contributed by atoms with Gasteiger partial charge in [0.2, 0.25) is 0 Å². The molecule has 0 saturated heterocycles. The van der Waals surface area contributed by atoms with Crippen molar-refractivity contribution in [3.63, 3.8) is 0 Å². The fourth-order valence-electron chi connectivity index (χ4n) is 6.22. The number of nitro groups is 2. The Balaban J connectivity index is 1.10. The van der Waals surface area contributed by atoms with Crippen LogP contribution in [0.2, 0.25) is 5.02 Å². The maximum atomic E-state index is 12.5. The second-order valence-electron chi connectivity index (χ2n) is 14.2. The normalized spacial score (nSPS) is 12.3. The van der Waals surface area contributed by atoms with Gasteiger partial charge in [-0.1, -0.05) is 11.6 Å². The van der Waals surface area contributed by atoms with E-state index in [2.05, 4.69) is 41.3 Å². The van der Waals surface area contributed by atoms with Crippen LogP contribution in [0.15, 0.2) is 161 Å². The average Bonchev–Trinajstić information content (AvgIpc) is 3.27. The Morgan fingerprint density at radius 3 is 1.56 bits per heavy atom. The predicted molar refractivity (Wildman–Crippen MR) is 248 cm³/mol. The number of hydrogen-bond donors (Lipinski definition) is 8. The molecule has 7 aromatic carbocycles. The van der Waals surface area contributed by atoms with Crippen molar-refractivity contribution in [2.75, 3.05) is 10.6 Å². The van der Waals surface area contributed by atoms with Crippen LogP contribution < -0.4 is 10.6 Å². The molecule has 26 nitrogen and oxygen atoms in total. The number of nitrogens with one attached hydrogen (secondary N) is 2. The first kappa shape index (κ1) is 49.3. The summed E-state index contributed by atoms with van der Waals surface area (Å²) < 4.78 is 103. The highest BCUT2D eigenvalue weighted by Crippen LogP contribution is 2.47. The summed E-state index contributed by atoms with van der Waals surface area (Å²) in [7, 11) is -15.1. The van der Waals surface area contributed by atoms with Crippen molar-refractivity contribution >= 4 is 121 Å². The highest BCUT2D eigenvalue weighted by Gasteiger charge is 2.26. The number of anilines is 4. The molecule has 0 aliphatic carbocycles. The third-order valence-electron chi connectivity index (χ3n) is 9.46. The third-order valence-corrected chi connectivity index (χ3v) is 12.4. The largest absolute Gasteiger partial charge is 0.506 e. The van der Waals surface area contributed by atoms with Crippen molar-refractivity contribution < 1.29 is 64.1 Å². The molecule has 0 spiro atoms. The van der Waals surface area contributed by atoms with Gasteiger partial charge in [0.1, 0.15) is 44.0 Å². The van der Waals surface area contributed by atoms with Crippen LogP contribution in [0.3, 0.4) is 0 Å². The smallest absolute Gasteiger partial charge is 0.296 e. The molecule has 0 aliphatic rings. The number of aromatic hydroxyl groups is 3. The van der Waals surface area contributed by atoms with Gasteiger partial charge in [0, 0.05) is 53.5 Å². The van der Waals surface area contributed by atoms with E-state index in [1.165, 1.54) is 60.7 Å². The van der Waals surface area contributed by atoms with E-state index in [0.29, 0.717) is 29.2 Å². The molecular weight excluding hydrogens is 1010 g/mol. The Morgan fingerprint density at radius 1 is 0.500 bits per heavy atom. The lowest BCUT2D eigenvalue weighted by Crippen LogP contribution is -2.04. The fourth-order valence-corrected chi connectivity index (χ4v) is 8.29. The molecule has 7 aromatic rings. The maximum Gasteiger partial charge on any atom is 0.296 e. The van der Waals surface area contributed by atoms with E-state index >= 15 is 0 Å². The van der Waals surface area contributed by atoms with E-state index in [4.69, 9.17) is 11.6 Å². The Morgan fingerprint density at radius 2 is 1.01 bits per heavy atom. The van der Waals surface area contributed by atoms with Crippen LogP contribution in [-0.4, -0.2) is 64.1 Å². The molecule has 358 valence electrons. The summed E-state index contributed by atoms with van der Waals surface area (Å²) in [5.41, 5.74) is -1.83. The van der Waals surface area contributed by atoms with Crippen molar-refractivity contribution in [2.24, 2.45) is 30.7 Å². The molecular formula is C40H27ClN10O16S3. The minimum Gasteiger partial charge on any atom is -0.506 e. The number of benzene rings is 7. The minimum atomic E-state index is -5.26. The first-order chi connectivity index (χ1) is 32.8. The van der Waals surface area contributed by atoms with Gasteiger partial charge in [-0.05, 0) is 84.2 Å². The van der Waals surface area contributed by atoms with Crippen molar-refractivity contribution in [3.8, 4) is 17.2 Å². The van der Waals surface area contributed by atoms with Gasteiger partial charge in [-0.3, -0.25) is 33.9 Å². The monoisotopic (exact) mass is 1030 g/mol. The Labute approximate surface area is 397 Å². The topological polar surface area (TPSA) is 408 Å². The van der Waals surface area contributed by atoms with Crippen LogP contribution in [0, 0.1) is 20.2 Å². The van der Waals surface area contributed by atoms with Crippen molar-refractivity contribution in [3.05, 3.63) is 141 Å². The first-order valence-corrected chi connectivity index (χ1v) is 23.6. The molecule has 30 heteroatoms. The summed E-state index contributed by atoms with van der Waals surface area (Å²) in [4.78, 5) is 18.0. The summed E-state index contributed by atoms with van der Waals surface area (Å²) in [5, 5.41) is 83.1. The molecule has 70 heavy (non-hydrogen) atoms. The van der Waals surface area contributed by atoms with Gasteiger partial charge in [0.05, 0.1) is 42.2 Å². The number of nitrogens with zero attached hydrogens (tertiary/aromatic N) is 8. The SMILES string of the molecule is O=[N+]([O-])c1ccc(N=Nc2c(S(=O)(=O)O)cc3cc(S(=O)(=O)O)cc(N=Nc4ccc(Nc5ccc(N=Nc6ccc(Nc7ccc([N+](=O)[O-])cc7S(=O)(=O)O)cc6)c(O)c5)cc4O)c3c2O)c(Cl)c1. The number of fused-ring (bicyclic) bond motifs is 1. The van der Waals surface area contributed by atoms with Crippen LogP contribution in [0.4, 0.5) is 68.2 Å². The lowest BCUT2D eigenvalue weighted by atomic mass is 10.1. The molecule has 0 unspecified atom stereocenters. The number of rotatable bonds is 15. The number of non-ortho nitro benzene ring substituents is 2. The third kappa shape index (κ3) is 11.2. The van der Waals surface area contributed by atoms with E-state index < -0.39 is 99.9 Å². The summed E-state index contributed by atoms with van der Waals surface area (Å²) in [5.74, 6) is -1.89. The fraction of sp³-hybridized carbons (Fsp3) is 0. The number of phenolic OH excluding ortho intramolecular Hbond substituents is 3. The Bertz CT molecular complexity index is 3770. The van der Waals surface area contributed by atoms with E-state index in [1.807, 2.05) is 0 Å². The molecule has 8 N–H and O–H groups in total. The lowest BCUT2D eigenvalue weighted by molar-refractivity contribution is -0.385. The average molecular weight is 1040 g/mol. The summed E-state index contributed by atoms with van der Waals surface area (Å²) in [6, 6.07) is 22.0. The highest BCUT2D eigenvalue weighted by molar-refractivity contribution is 7.86. The zero-order valence-electron chi connectivity index (χ0n) is 34.4. The number of azo groups is 3. The van der Waals surface area contributed by atoms with Gasteiger partial charge in [-0.2, -0.15) is 30.4 Å². The number of halogens is 1. The van der Waals surface area contributed by atoms with Gasteiger partial charge < -0.3 is 26.0 Å². The molecule has 0 atom stereocenters. The standard InChI is InChI=1S/C40H27ClN10O16S3/c41-28-17-25(50(55)56)7-11-29(28)45-49-39-37(70(65,66)67)14-20-13-27(68(59,60)61)19-33(38(20)40(39)54)48-47-31-10-6-24(16-35(31)53)42-23-5-9-30(34(52)15-23)46-44-22-3-1-21(2-4-22)43-32-12-8-26(51(57)58)18-36(32)69(62,63)64/h1-19,42-43,52-54H,(H,59,60,61)(H,62,63,64)(H,65,66,67). The van der Waals surface area contributed by atoms with E-state index in [0.717, 1.165) is 42.5 Å². The van der Waals surface area contributed by atoms with Gasteiger partial charge in [0.15, 0.2) is 5.75 Å². The maximum absolute atomic E-state index is 12.5. The van der Waals surface area contributed by atoms with Crippen LogP contribution in [0.5, 0.6) is 17.2 Å². The van der Waals surface area contributed by atoms with Gasteiger partial charge in [0.25, 0.3) is 41.7 Å². The number of nitro benzene ring substituents is 2. The van der Waals surface area contributed by atoms with Gasteiger partial charge in [-0.25, -0.2) is 0 Å². The van der Waals surface area contributed by atoms with Crippen molar-refractivity contribution in [1.29, 1.82) is 0 Å². The second kappa shape index (κ2) is 19.2. The summed E-state index contributed by atoms with van der Waals surface area (Å²) in [6.45, 7) is 0. The predicted octanol–water partition coefficient (Wildman–Crippen LogP) is 10.9. The minimum absolute atomic E-state index is 0.0324. The molecule has 0 aliphatic heterocycles. The summed E-state index contributed by atoms with van der Waals surface area (Å²) >= 11 is 6.07. The Hall–Kier alpha value is -8.58. The highest BCUT2D eigenvalue weighted by atomic mass is 35.5. The zero-order valence-corrected chi connectivity index (χ0v) is 37.6. The molecule has 0 saturated carbocycles. The van der Waals surface area contributed by atoms with Gasteiger partial charge in [-0.15, -0.1) is 25.6 Å². The van der Waals surface area contributed by atoms with Crippen LogP contribution in [-0.2, 0) is 30.4 Å². The van der Waals surface area contributed by atoms with Crippen LogP contribution in [0.1, 0.15) is 0 Å². The lowest BCUT2D eigenvalue weighted by Gasteiger charge is -2.12. The molecule has 0 aromatic heterocycles. The molecule has 7 rings (SSSR count). The number of phenols is 3. The van der Waals surface area contributed by atoms with Gasteiger partial charge >= 0.3 is 0 Å². The quantitative estimate of drug-likeness (QED) is 0.0205. The molecule has 0 heterocycles. The van der Waals surface area contributed by atoms with Crippen LogP contribution >= 0.6 is 11.6 Å². The summed E-state index contributed by atoms with van der Waals surface area (Å²) in [6.07, 6.45) is 0. The Kier molecular flexibility index (Phi) is 13.5. The van der Waals surface area contributed by atoms with E-state index in [1.54, 1.807) is 0 Å². The second-order valence-corrected chi connectivity index (χ2v) is 18.8. The van der Waals surface area contributed by atoms with Crippen molar-refractivity contribution in [2.45, 2.75) is 14.7 Å². The first-order valence-electron chi connectivity index (χ1n) is 18.9.